The Labute approximate surface area is 96.5 Å². The smallest absolute Gasteiger partial charge is 0.331 e. The maximum atomic E-state index is 11.6. The van der Waals surface area contributed by atoms with Crippen molar-refractivity contribution in [2.45, 2.75) is 30.6 Å². The third kappa shape index (κ3) is 2.02. The quantitative estimate of drug-likeness (QED) is 0.800. The minimum absolute atomic E-state index is 0.00167. The minimum atomic E-state index is -0.557. The van der Waals surface area contributed by atoms with Crippen molar-refractivity contribution in [3.8, 4) is 5.88 Å². The van der Waals surface area contributed by atoms with Crippen molar-refractivity contribution in [2.24, 2.45) is 0 Å². The number of thioether (sulfide) groups is 1. The molecule has 0 amide bonds. The van der Waals surface area contributed by atoms with E-state index in [0.717, 1.165) is 25.3 Å². The van der Waals surface area contributed by atoms with Crippen LogP contribution in [0.2, 0.25) is 0 Å². The topological polar surface area (TPSA) is 75.1 Å². The molecule has 1 aliphatic carbocycles. The van der Waals surface area contributed by atoms with Gasteiger partial charge in [0.2, 0.25) is 5.88 Å². The summed E-state index contributed by atoms with van der Waals surface area (Å²) in [5, 5.41) is 10.2. The SMILES string of the molecule is CSC1CCC(n2c(O)cc(=O)[nH]c2=O)C1. The van der Waals surface area contributed by atoms with E-state index in [1.165, 1.54) is 4.57 Å². The van der Waals surface area contributed by atoms with E-state index in [0.29, 0.717) is 5.25 Å². The second-order valence-electron chi connectivity index (χ2n) is 3.99. The van der Waals surface area contributed by atoms with Crippen molar-refractivity contribution in [2.75, 3.05) is 6.26 Å². The van der Waals surface area contributed by atoms with Crippen LogP contribution in [-0.4, -0.2) is 26.2 Å². The van der Waals surface area contributed by atoms with Gasteiger partial charge in [0.05, 0.1) is 6.07 Å². The average Bonchev–Trinajstić information content (AvgIpc) is 2.64. The lowest BCUT2D eigenvalue weighted by molar-refractivity contribution is 0.363. The number of hydrogen-bond acceptors (Lipinski definition) is 4. The van der Waals surface area contributed by atoms with Crippen LogP contribution < -0.4 is 11.2 Å². The summed E-state index contributed by atoms with van der Waals surface area (Å²) < 4.78 is 1.29. The molecule has 0 saturated heterocycles. The lowest BCUT2D eigenvalue weighted by atomic mass is 10.2. The first kappa shape index (κ1) is 11.3. The van der Waals surface area contributed by atoms with Crippen LogP contribution in [0, 0.1) is 0 Å². The van der Waals surface area contributed by atoms with E-state index in [9.17, 15) is 14.7 Å². The Bertz CT molecular complexity index is 494. The summed E-state index contributed by atoms with van der Waals surface area (Å²) in [6.45, 7) is 0. The third-order valence-corrected chi connectivity index (χ3v) is 4.11. The van der Waals surface area contributed by atoms with E-state index in [4.69, 9.17) is 0 Å². The summed E-state index contributed by atoms with van der Waals surface area (Å²) in [6.07, 6.45) is 4.81. The fourth-order valence-electron chi connectivity index (χ4n) is 2.21. The molecule has 0 bridgehead atoms. The van der Waals surface area contributed by atoms with Gasteiger partial charge in [-0.2, -0.15) is 11.8 Å². The van der Waals surface area contributed by atoms with Crippen molar-refractivity contribution < 1.29 is 5.11 Å². The summed E-state index contributed by atoms with van der Waals surface area (Å²) >= 11 is 1.78. The van der Waals surface area contributed by atoms with Crippen LogP contribution in [0.15, 0.2) is 15.7 Å². The van der Waals surface area contributed by atoms with E-state index in [-0.39, 0.29) is 11.9 Å². The van der Waals surface area contributed by atoms with Gasteiger partial charge in [-0.3, -0.25) is 14.3 Å². The molecule has 0 aliphatic heterocycles. The molecule has 88 valence electrons. The van der Waals surface area contributed by atoms with Gasteiger partial charge in [0.1, 0.15) is 0 Å². The molecule has 5 nitrogen and oxygen atoms in total. The van der Waals surface area contributed by atoms with Gasteiger partial charge in [0.15, 0.2) is 0 Å². The predicted octanol–water partition coefficient (Wildman–Crippen LogP) is 0.699. The van der Waals surface area contributed by atoms with Crippen molar-refractivity contribution in [3.63, 3.8) is 0 Å². The highest BCUT2D eigenvalue weighted by atomic mass is 32.2. The number of nitrogens with one attached hydrogen (secondary N) is 1. The molecule has 0 aromatic carbocycles. The number of nitrogens with zero attached hydrogens (tertiary/aromatic N) is 1. The van der Waals surface area contributed by atoms with Gasteiger partial charge >= 0.3 is 5.69 Å². The molecule has 2 unspecified atom stereocenters. The molecule has 1 aromatic rings. The number of rotatable bonds is 2. The number of H-pyrrole nitrogens is 1. The van der Waals surface area contributed by atoms with Gasteiger partial charge in [0, 0.05) is 11.3 Å². The zero-order valence-electron chi connectivity index (χ0n) is 8.97. The number of aromatic amines is 1. The molecule has 1 aromatic heterocycles. The van der Waals surface area contributed by atoms with Crippen molar-refractivity contribution in [1.82, 2.24) is 9.55 Å². The lowest BCUT2D eigenvalue weighted by Gasteiger charge is -2.14. The van der Waals surface area contributed by atoms with Crippen LogP contribution in [-0.2, 0) is 0 Å². The van der Waals surface area contributed by atoms with Crippen molar-refractivity contribution >= 4 is 11.8 Å². The molecule has 0 spiro atoms. The molecule has 1 saturated carbocycles. The Morgan fingerprint density at radius 2 is 2.25 bits per heavy atom. The van der Waals surface area contributed by atoms with E-state index < -0.39 is 11.2 Å². The summed E-state index contributed by atoms with van der Waals surface area (Å²) in [6, 6.07) is 1.05. The third-order valence-electron chi connectivity index (χ3n) is 3.01. The monoisotopic (exact) mass is 242 g/mol. The van der Waals surface area contributed by atoms with Gasteiger partial charge in [-0.05, 0) is 25.5 Å². The second-order valence-corrected chi connectivity index (χ2v) is 5.13. The van der Waals surface area contributed by atoms with Gasteiger partial charge in [-0.15, -0.1) is 0 Å². The zero-order chi connectivity index (χ0) is 11.7. The molecule has 16 heavy (non-hydrogen) atoms. The molecule has 0 radical (unpaired) electrons. The molecule has 2 rings (SSSR count). The Kier molecular flexibility index (Phi) is 3.09. The summed E-state index contributed by atoms with van der Waals surface area (Å²) in [5.74, 6) is -0.236. The molecule has 1 aliphatic rings. The molecule has 2 atom stereocenters. The van der Waals surface area contributed by atoms with E-state index in [1.54, 1.807) is 11.8 Å². The highest BCUT2D eigenvalue weighted by Crippen LogP contribution is 2.36. The zero-order valence-corrected chi connectivity index (χ0v) is 9.79. The molecular formula is C10H14N2O3S. The average molecular weight is 242 g/mol. The summed E-state index contributed by atoms with van der Waals surface area (Å²) in [5.41, 5.74) is -1.07. The van der Waals surface area contributed by atoms with Gasteiger partial charge in [0.25, 0.3) is 5.56 Å². The van der Waals surface area contributed by atoms with Gasteiger partial charge in [-0.25, -0.2) is 4.79 Å². The molecule has 1 fully saturated rings. The Morgan fingerprint density at radius 1 is 1.50 bits per heavy atom. The number of aromatic nitrogens is 2. The Balaban J connectivity index is 2.35. The van der Waals surface area contributed by atoms with Gasteiger partial charge in [-0.1, -0.05) is 0 Å². The minimum Gasteiger partial charge on any atom is -0.494 e. The fraction of sp³-hybridized carbons (Fsp3) is 0.600. The maximum absolute atomic E-state index is 11.6. The second kappa shape index (κ2) is 4.37. The lowest BCUT2D eigenvalue weighted by Crippen LogP contribution is -2.31. The summed E-state index contributed by atoms with van der Waals surface area (Å²) in [4.78, 5) is 24.7. The van der Waals surface area contributed by atoms with Crippen LogP contribution in [0.3, 0.4) is 0 Å². The van der Waals surface area contributed by atoms with Gasteiger partial charge < -0.3 is 5.11 Å². The van der Waals surface area contributed by atoms with E-state index >= 15 is 0 Å². The first-order valence-corrected chi connectivity index (χ1v) is 6.48. The predicted molar refractivity (Wildman–Crippen MR) is 63.2 cm³/mol. The number of hydrogen-bond donors (Lipinski definition) is 2. The molecule has 1 heterocycles. The fourth-order valence-corrected chi connectivity index (χ4v) is 3.00. The standard InChI is InChI=1S/C10H14N2O3S/c1-16-7-3-2-6(4-7)12-9(14)5-8(13)11-10(12)15/h5-7,14H,2-4H2,1H3,(H,11,13,15). The maximum Gasteiger partial charge on any atom is 0.331 e. The Hall–Kier alpha value is -1.17. The van der Waals surface area contributed by atoms with E-state index in [2.05, 4.69) is 4.98 Å². The highest BCUT2D eigenvalue weighted by molar-refractivity contribution is 7.99. The first-order valence-electron chi connectivity index (χ1n) is 5.19. The van der Waals surface area contributed by atoms with Crippen LogP contribution in [0.5, 0.6) is 5.88 Å². The van der Waals surface area contributed by atoms with Crippen LogP contribution in [0.4, 0.5) is 0 Å². The normalized spacial score (nSPS) is 24.8. The van der Waals surface area contributed by atoms with Crippen LogP contribution >= 0.6 is 11.8 Å². The molecule has 6 heteroatoms. The number of aromatic hydroxyl groups is 1. The first-order chi connectivity index (χ1) is 7.61. The largest absolute Gasteiger partial charge is 0.494 e. The molecule has 2 N–H and O–H groups in total. The highest BCUT2D eigenvalue weighted by Gasteiger charge is 2.27. The van der Waals surface area contributed by atoms with Crippen molar-refractivity contribution in [1.29, 1.82) is 0 Å². The Morgan fingerprint density at radius 3 is 2.81 bits per heavy atom. The van der Waals surface area contributed by atoms with Crippen LogP contribution in [0.1, 0.15) is 25.3 Å². The van der Waals surface area contributed by atoms with Crippen molar-refractivity contribution in [3.05, 3.63) is 26.9 Å². The van der Waals surface area contributed by atoms with E-state index in [1.807, 2.05) is 6.26 Å². The molecular weight excluding hydrogens is 228 g/mol. The summed E-state index contributed by atoms with van der Waals surface area (Å²) in [7, 11) is 0. The van der Waals surface area contributed by atoms with Crippen LogP contribution in [0.25, 0.3) is 0 Å².